The summed E-state index contributed by atoms with van der Waals surface area (Å²) >= 11 is 0. The molecule has 2 aliphatic rings. The van der Waals surface area contributed by atoms with Gasteiger partial charge in [0.1, 0.15) is 18.3 Å². The van der Waals surface area contributed by atoms with Crippen molar-refractivity contribution in [1.29, 1.82) is 0 Å². The van der Waals surface area contributed by atoms with E-state index in [1.165, 1.54) is 24.3 Å². The van der Waals surface area contributed by atoms with Gasteiger partial charge in [0.05, 0.1) is 18.8 Å². The summed E-state index contributed by atoms with van der Waals surface area (Å²) in [5.74, 6) is -1.57. The van der Waals surface area contributed by atoms with Crippen molar-refractivity contribution >= 4 is 12.0 Å². The van der Waals surface area contributed by atoms with Gasteiger partial charge in [-0.25, -0.2) is 4.79 Å². The average molecular weight is 440 g/mol. The van der Waals surface area contributed by atoms with Crippen LogP contribution in [0.4, 0.5) is 0 Å². The summed E-state index contributed by atoms with van der Waals surface area (Å²) in [6.07, 6.45) is -3.14. The van der Waals surface area contributed by atoms with Crippen molar-refractivity contribution in [2.75, 3.05) is 6.61 Å². The van der Waals surface area contributed by atoms with Crippen LogP contribution in [0.3, 0.4) is 0 Å². The van der Waals surface area contributed by atoms with E-state index in [0.29, 0.717) is 18.4 Å². The Balaban J connectivity index is 1.67. The van der Waals surface area contributed by atoms with Crippen LogP contribution in [0.2, 0.25) is 0 Å². The van der Waals surface area contributed by atoms with Gasteiger partial charge in [0, 0.05) is 6.08 Å². The molecule has 6 N–H and O–H groups in total. The van der Waals surface area contributed by atoms with Gasteiger partial charge in [-0.3, -0.25) is 0 Å². The number of rotatable bonds is 6. The molecule has 31 heavy (non-hydrogen) atoms. The Hall–Kier alpha value is -2.21. The minimum atomic E-state index is -1.55. The highest BCUT2D eigenvalue weighted by atomic mass is 16.7. The van der Waals surface area contributed by atoms with Gasteiger partial charge in [0.25, 0.3) is 0 Å². The molecule has 0 radical (unpaired) electrons. The molecule has 0 spiro atoms. The maximum atomic E-state index is 12.2. The first-order chi connectivity index (χ1) is 14.8. The van der Waals surface area contributed by atoms with Crippen LogP contribution in [0.15, 0.2) is 24.3 Å². The molecule has 0 unspecified atom stereocenters. The van der Waals surface area contributed by atoms with E-state index >= 15 is 0 Å². The highest BCUT2D eigenvalue weighted by Crippen LogP contribution is 2.29. The van der Waals surface area contributed by atoms with Crippen molar-refractivity contribution in [3.05, 3.63) is 29.8 Å². The number of esters is 1. The molecule has 0 aromatic heterocycles. The van der Waals surface area contributed by atoms with Crippen LogP contribution in [0.25, 0.3) is 6.08 Å². The number of carbonyl (C=O) groups is 1. The summed E-state index contributed by atoms with van der Waals surface area (Å²) in [6, 6.07) is 3.94. The first-order valence-electron chi connectivity index (χ1n) is 10.2. The summed E-state index contributed by atoms with van der Waals surface area (Å²) in [5.41, 5.74) is 0.404. The van der Waals surface area contributed by atoms with Crippen LogP contribution in [0, 0.1) is 0 Å². The normalized spacial score (nSPS) is 34.0. The third kappa shape index (κ3) is 5.73. The molecule has 10 nitrogen and oxygen atoms in total. The Kier molecular flexibility index (Phi) is 7.87. The van der Waals surface area contributed by atoms with E-state index in [0.717, 1.165) is 18.9 Å². The molecule has 1 aliphatic heterocycles. The first-order valence-corrected chi connectivity index (χ1v) is 10.2. The van der Waals surface area contributed by atoms with E-state index in [-0.39, 0.29) is 11.5 Å². The number of hydrogen-bond acceptors (Lipinski definition) is 10. The standard InChI is InChI=1S/C21H28O10/c22-10-16-18(27)20(19(28)21(30-16)29-15-4-2-1-3-13(15)24)31-17(26)8-6-11-5-7-12(23)14(25)9-11/h5-9,13,15-16,18-25,27-28H,1-4,10H2/t13-,15+,16+,18+,19+,20+,21+/m0/s1. The number of carbonyl (C=O) groups excluding carboxylic acids is 1. The molecule has 1 aromatic carbocycles. The number of phenols is 2. The number of aliphatic hydroxyl groups is 4. The topological polar surface area (TPSA) is 166 Å². The second kappa shape index (κ2) is 10.4. The first kappa shape index (κ1) is 23.5. The summed E-state index contributed by atoms with van der Waals surface area (Å²) in [7, 11) is 0. The molecule has 7 atom stereocenters. The molecule has 0 amide bonds. The molecule has 10 heteroatoms. The molecule has 1 heterocycles. The highest BCUT2D eigenvalue weighted by molar-refractivity contribution is 5.87. The number of aliphatic hydroxyl groups excluding tert-OH is 4. The maximum Gasteiger partial charge on any atom is 0.331 e. The molecule has 1 saturated carbocycles. The van der Waals surface area contributed by atoms with Gasteiger partial charge in [-0.2, -0.15) is 0 Å². The lowest BCUT2D eigenvalue weighted by Crippen LogP contribution is -2.61. The SMILES string of the molecule is O=C(C=Cc1ccc(O)c(O)c1)O[C@H]1[C@@H](O)[C@H](O[C@@H]2CCCC[C@@H]2O)O[C@H](CO)[C@H]1O. The molecular weight excluding hydrogens is 412 g/mol. The largest absolute Gasteiger partial charge is 0.504 e. The monoisotopic (exact) mass is 440 g/mol. The highest BCUT2D eigenvalue weighted by Gasteiger charge is 2.48. The maximum absolute atomic E-state index is 12.2. The Morgan fingerprint density at radius 1 is 1.10 bits per heavy atom. The second-order valence-corrected chi connectivity index (χ2v) is 7.72. The van der Waals surface area contributed by atoms with Crippen molar-refractivity contribution in [2.24, 2.45) is 0 Å². The zero-order chi connectivity index (χ0) is 22.5. The fourth-order valence-corrected chi connectivity index (χ4v) is 3.69. The number of ether oxygens (including phenoxy) is 3. The van der Waals surface area contributed by atoms with Gasteiger partial charge in [0.2, 0.25) is 0 Å². The van der Waals surface area contributed by atoms with Gasteiger partial charge >= 0.3 is 5.97 Å². The summed E-state index contributed by atoms with van der Waals surface area (Å²) in [4.78, 5) is 12.2. The number of aromatic hydroxyl groups is 2. The Labute approximate surface area is 178 Å². The molecule has 172 valence electrons. The average Bonchev–Trinajstić information content (AvgIpc) is 2.75. The Morgan fingerprint density at radius 2 is 1.84 bits per heavy atom. The number of benzene rings is 1. The molecule has 1 aromatic rings. The predicted octanol–water partition coefficient (Wildman–Crippen LogP) is -0.218. The summed E-state index contributed by atoms with van der Waals surface area (Å²) in [5, 5.41) is 59.4. The molecule has 0 bridgehead atoms. The summed E-state index contributed by atoms with van der Waals surface area (Å²) < 4.78 is 16.3. The van der Waals surface area contributed by atoms with E-state index in [4.69, 9.17) is 14.2 Å². The Morgan fingerprint density at radius 3 is 2.52 bits per heavy atom. The third-order valence-electron chi connectivity index (χ3n) is 5.46. The van der Waals surface area contributed by atoms with E-state index in [2.05, 4.69) is 0 Å². The lowest BCUT2D eigenvalue weighted by Gasteiger charge is -2.43. The van der Waals surface area contributed by atoms with E-state index < -0.39 is 55.5 Å². The van der Waals surface area contributed by atoms with Gasteiger partial charge in [-0.15, -0.1) is 0 Å². The summed E-state index contributed by atoms with van der Waals surface area (Å²) in [6.45, 7) is -0.600. The molecule has 1 saturated heterocycles. The van der Waals surface area contributed by atoms with Crippen LogP contribution in [-0.2, 0) is 19.0 Å². The fourth-order valence-electron chi connectivity index (χ4n) is 3.69. The van der Waals surface area contributed by atoms with E-state index in [9.17, 15) is 35.4 Å². The van der Waals surface area contributed by atoms with Crippen molar-refractivity contribution in [1.82, 2.24) is 0 Å². The zero-order valence-corrected chi connectivity index (χ0v) is 16.8. The van der Waals surface area contributed by atoms with Crippen LogP contribution < -0.4 is 0 Å². The van der Waals surface area contributed by atoms with Crippen molar-refractivity contribution in [2.45, 2.75) is 68.6 Å². The fraction of sp³-hybridized carbons (Fsp3) is 0.571. The van der Waals surface area contributed by atoms with Gasteiger partial charge in [-0.05, 0) is 36.6 Å². The minimum absolute atomic E-state index is 0.308. The van der Waals surface area contributed by atoms with Crippen LogP contribution in [0.5, 0.6) is 11.5 Å². The lowest BCUT2D eigenvalue weighted by molar-refractivity contribution is -0.319. The molecule has 3 rings (SSSR count). The van der Waals surface area contributed by atoms with Gasteiger partial charge < -0.3 is 44.8 Å². The second-order valence-electron chi connectivity index (χ2n) is 7.72. The van der Waals surface area contributed by atoms with E-state index in [1.54, 1.807) is 0 Å². The molecule has 2 fully saturated rings. The van der Waals surface area contributed by atoms with Crippen LogP contribution in [-0.4, -0.2) is 86.1 Å². The van der Waals surface area contributed by atoms with E-state index in [1.807, 2.05) is 0 Å². The van der Waals surface area contributed by atoms with Crippen LogP contribution in [0.1, 0.15) is 31.2 Å². The number of hydrogen-bond donors (Lipinski definition) is 6. The Bertz CT molecular complexity index is 781. The van der Waals surface area contributed by atoms with Crippen molar-refractivity contribution < 1.29 is 49.6 Å². The van der Waals surface area contributed by atoms with Crippen molar-refractivity contribution in [3.8, 4) is 11.5 Å². The molecule has 1 aliphatic carbocycles. The van der Waals surface area contributed by atoms with Gasteiger partial charge in [0.15, 0.2) is 23.9 Å². The van der Waals surface area contributed by atoms with Crippen LogP contribution >= 0.6 is 0 Å². The number of phenolic OH excluding ortho intramolecular Hbond substituents is 2. The lowest BCUT2D eigenvalue weighted by atomic mass is 9.94. The van der Waals surface area contributed by atoms with Gasteiger partial charge in [-0.1, -0.05) is 18.9 Å². The quantitative estimate of drug-likeness (QED) is 0.198. The predicted molar refractivity (Wildman–Crippen MR) is 106 cm³/mol. The third-order valence-corrected chi connectivity index (χ3v) is 5.46. The smallest absolute Gasteiger partial charge is 0.331 e. The molecular formula is C21H28O10. The minimum Gasteiger partial charge on any atom is -0.504 e. The van der Waals surface area contributed by atoms with Crippen molar-refractivity contribution in [3.63, 3.8) is 0 Å². The zero-order valence-electron chi connectivity index (χ0n) is 16.8.